The summed E-state index contributed by atoms with van der Waals surface area (Å²) in [4.78, 5) is 11.3. The van der Waals surface area contributed by atoms with E-state index in [1.54, 1.807) is 6.07 Å². The number of benzene rings is 1. The largest absolute Gasteiger partial charge is 0.396 e. The number of nitrogen functional groups attached to an aromatic ring is 1. The molecule has 1 amide bonds. The number of carbonyl (C=O) groups excluding carboxylic acids is 1. The number of para-hydroxylation sites is 1. The van der Waals surface area contributed by atoms with Crippen LogP contribution >= 0.6 is 0 Å². The van der Waals surface area contributed by atoms with Gasteiger partial charge in [0.25, 0.3) is 5.91 Å². The number of amides is 1. The molecule has 0 saturated heterocycles. The average molecular weight is 263 g/mol. The molecule has 4 nitrogen and oxygen atoms in total. The van der Waals surface area contributed by atoms with Gasteiger partial charge in [-0.05, 0) is 25.0 Å². The maximum Gasteiger partial charge on any atom is 0.250 e. The van der Waals surface area contributed by atoms with Gasteiger partial charge in [0, 0.05) is 6.04 Å². The van der Waals surface area contributed by atoms with Crippen molar-refractivity contribution in [1.82, 2.24) is 0 Å². The van der Waals surface area contributed by atoms with Crippen molar-refractivity contribution >= 4 is 17.3 Å². The molecule has 0 aromatic heterocycles. The number of nitrogens with two attached hydrogens (primary N) is 2. The normalized spacial score (nSPS) is 12.1. The summed E-state index contributed by atoms with van der Waals surface area (Å²) in [6.07, 6.45) is 5.70. The Kier molecular flexibility index (Phi) is 6.19. The summed E-state index contributed by atoms with van der Waals surface area (Å²) in [5.41, 5.74) is 12.9. The van der Waals surface area contributed by atoms with Gasteiger partial charge < -0.3 is 16.8 Å². The molecule has 0 fully saturated rings. The van der Waals surface area contributed by atoms with Crippen molar-refractivity contribution in [3.8, 4) is 0 Å². The Balaban J connectivity index is 2.83. The van der Waals surface area contributed by atoms with E-state index >= 15 is 0 Å². The van der Waals surface area contributed by atoms with Crippen LogP contribution in [0.5, 0.6) is 0 Å². The predicted octanol–water partition coefficient (Wildman–Crippen LogP) is 3.14. The van der Waals surface area contributed by atoms with Gasteiger partial charge in [-0.2, -0.15) is 0 Å². The summed E-state index contributed by atoms with van der Waals surface area (Å²) in [5.74, 6) is -0.484. The number of carbonyl (C=O) groups is 1. The first-order valence-corrected chi connectivity index (χ1v) is 7.04. The van der Waals surface area contributed by atoms with Crippen molar-refractivity contribution in [3.05, 3.63) is 23.8 Å². The van der Waals surface area contributed by atoms with Crippen LogP contribution in [0.15, 0.2) is 18.2 Å². The van der Waals surface area contributed by atoms with Gasteiger partial charge in [0.2, 0.25) is 0 Å². The third-order valence-electron chi connectivity index (χ3n) is 3.27. The molecule has 0 spiro atoms. The molecule has 0 radical (unpaired) electrons. The van der Waals surface area contributed by atoms with Crippen LogP contribution in [0.2, 0.25) is 0 Å². The monoisotopic (exact) mass is 263 g/mol. The Morgan fingerprint density at radius 2 is 2.00 bits per heavy atom. The van der Waals surface area contributed by atoms with Crippen LogP contribution in [-0.4, -0.2) is 11.9 Å². The zero-order valence-corrected chi connectivity index (χ0v) is 11.9. The van der Waals surface area contributed by atoms with Gasteiger partial charge in [-0.3, -0.25) is 4.79 Å². The molecule has 1 aromatic rings. The third-order valence-corrected chi connectivity index (χ3v) is 3.27. The maximum atomic E-state index is 11.3. The standard InChI is InChI=1S/C15H25N3O/c1-3-5-8-11(7-4-2)18-13-10-6-9-12(14(13)16)15(17)19/h6,9-11,18H,3-5,7-8,16H2,1-2H3,(H2,17,19). The van der Waals surface area contributed by atoms with Crippen LogP contribution in [0.25, 0.3) is 0 Å². The number of primary amides is 1. The van der Waals surface area contributed by atoms with E-state index in [9.17, 15) is 4.79 Å². The molecule has 1 atom stereocenters. The van der Waals surface area contributed by atoms with E-state index in [1.807, 2.05) is 12.1 Å². The smallest absolute Gasteiger partial charge is 0.250 e. The third kappa shape index (κ3) is 4.47. The molecule has 0 bridgehead atoms. The summed E-state index contributed by atoms with van der Waals surface area (Å²) < 4.78 is 0. The van der Waals surface area contributed by atoms with E-state index in [1.165, 1.54) is 12.8 Å². The second-order valence-electron chi connectivity index (χ2n) is 4.90. The second kappa shape index (κ2) is 7.67. The van der Waals surface area contributed by atoms with Gasteiger partial charge in [0.15, 0.2) is 0 Å². The average Bonchev–Trinajstić information content (AvgIpc) is 2.38. The van der Waals surface area contributed by atoms with Gasteiger partial charge in [0.1, 0.15) is 0 Å². The number of nitrogens with one attached hydrogen (secondary N) is 1. The first-order chi connectivity index (χ1) is 9.10. The fourth-order valence-electron chi connectivity index (χ4n) is 2.21. The van der Waals surface area contributed by atoms with Gasteiger partial charge in [-0.15, -0.1) is 0 Å². The van der Waals surface area contributed by atoms with Gasteiger partial charge in [-0.25, -0.2) is 0 Å². The van der Waals surface area contributed by atoms with E-state index in [-0.39, 0.29) is 0 Å². The van der Waals surface area contributed by atoms with Crippen LogP contribution in [-0.2, 0) is 0 Å². The summed E-state index contributed by atoms with van der Waals surface area (Å²) >= 11 is 0. The topological polar surface area (TPSA) is 81.1 Å². The van der Waals surface area contributed by atoms with Crippen molar-refractivity contribution < 1.29 is 4.79 Å². The minimum Gasteiger partial charge on any atom is -0.396 e. The van der Waals surface area contributed by atoms with E-state index in [4.69, 9.17) is 11.5 Å². The summed E-state index contributed by atoms with van der Waals surface area (Å²) in [7, 11) is 0. The zero-order valence-electron chi connectivity index (χ0n) is 11.9. The number of rotatable bonds is 8. The van der Waals surface area contributed by atoms with Crippen molar-refractivity contribution in [3.63, 3.8) is 0 Å². The predicted molar refractivity (Wildman–Crippen MR) is 81.2 cm³/mol. The molecule has 0 saturated carbocycles. The Bertz CT molecular complexity index is 418. The highest BCUT2D eigenvalue weighted by atomic mass is 16.1. The fourth-order valence-corrected chi connectivity index (χ4v) is 2.21. The quantitative estimate of drug-likeness (QED) is 0.630. The lowest BCUT2D eigenvalue weighted by molar-refractivity contribution is 0.100. The molecular formula is C15H25N3O. The van der Waals surface area contributed by atoms with Crippen LogP contribution in [0.3, 0.4) is 0 Å². The Hall–Kier alpha value is -1.71. The van der Waals surface area contributed by atoms with E-state index in [0.717, 1.165) is 24.9 Å². The molecule has 19 heavy (non-hydrogen) atoms. The highest BCUT2D eigenvalue weighted by molar-refractivity contribution is 6.00. The van der Waals surface area contributed by atoms with Crippen molar-refractivity contribution in [2.75, 3.05) is 11.1 Å². The maximum absolute atomic E-state index is 11.3. The molecule has 106 valence electrons. The summed E-state index contributed by atoms with van der Waals surface area (Å²) in [6.45, 7) is 4.36. The lowest BCUT2D eigenvalue weighted by atomic mass is 10.0. The molecule has 0 aliphatic rings. The lowest BCUT2D eigenvalue weighted by Crippen LogP contribution is -2.21. The van der Waals surface area contributed by atoms with Crippen LogP contribution < -0.4 is 16.8 Å². The van der Waals surface area contributed by atoms with Crippen molar-refractivity contribution in [2.24, 2.45) is 5.73 Å². The summed E-state index contributed by atoms with van der Waals surface area (Å²) in [6, 6.07) is 5.76. The molecule has 5 N–H and O–H groups in total. The SMILES string of the molecule is CCCCC(CCC)Nc1cccc(C(N)=O)c1N. The van der Waals surface area contributed by atoms with Gasteiger partial charge in [0.05, 0.1) is 16.9 Å². The van der Waals surface area contributed by atoms with Crippen LogP contribution in [0, 0.1) is 0 Å². The fraction of sp³-hybridized carbons (Fsp3) is 0.533. The molecule has 0 aliphatic carbocycles. The minimum absolute atomic E-state index is 0.385. The number of hydrogen-bond acceptors (Lipinski definition) is 3. The highest BCUT2D eigenvalue weighted by Gasteiger charge is 2.12. The van der Waals surface area contributed by atoms with E-state index in [0.29, 0.717) is 17.3 Å². The molecule has 0 aliphatic heterocycles. The van der Waals surface area contributed by atoms with Gasteiger partial charge >= 0.3 is 0 Å². The number of hydrogen-bond donors (Lipinski definition) is 3. The molecule has 0 heterocycles. The van der Waals surface area contributed by atoms with Gasteiger partial charge in [-0.1, -0.05) is 39.2 Å². The van der Waals surface area contributed by atoms with E-state index in [2.05, 4.69) is 19.2 Å². The first-order valence-electron chi connectivity index (χ1n) is 7.04. The number of unbranched alkanes of at least 4 members (excludes halogenated alkanes) is 1. The Morgan fingerprint density at radius 1 is 1.26 bits per heavy atom. The van der Waals surface area contributed by atoms with Crippen molar-refractivity contribution in [2.45, 2.75) is 52.0 Å². The first kappa shape index (κ1) is 15.3. The molecule has 1 unspecified atom stereocenters. The molecule has 1 aromatic carbocycles. The zero-order chi connectivity index (χ0) is 14.3. The lowest BCUT2D eigenvalue weighted by Gasteiger charge is -2.21. The van der Waals surface area contributed by atoms with Crippen LogP contribution in [0.1, 0.15) is 56.3 Å². The number of anilines is 2. The minimum atomic E-state index is -0.484. The van der Waals surface area contributed by atoms with Crippen LogP contribution in [0.4, 0.5) is 11.4 Å². The highest BCUT2D eigenvalue weighted by Crippen LogP contribution is 2.25. The molecule has 1 rings (SSSR count). The summed E-state index contributed by atoms with van der Waals surface area (Å²) in [5, 5.41) is 3.45. The Labute approximate surface area is 115 Å². The van der Waals surface area contributed by atoms with E-state index < -0.39 is 5.91 Å². The molecular weight excluding hydrogens is 238 g/mol. The molecule has 4 heteroatoms. The Morgan fingerprint density at radius 3 is 2.58 bits per heavy atom. The second-order valence-corrected chi connectivity index (χ2v) is 4.90. The van der Waals surface area contributed by atoms with Crippen molar-refractivity contribution in [1.29, 1.82) is 0 Å².